The van der Waals surface area contributed by atoms with Crippen molar-refractivity contribution < 1.29 is 14.7 Å². The molecule has 1 aliphatic rings. The number of carboxylic acids is 1. The number of urea groups is 1. The highest BCUT2D eigenvalue weighted by atomic mass is 16.4. The van der Waals surface area contributed by atoms with E-state index in [1.165, 1.54) is 0 Å². The molecule has 104 valence electrons. The maximum Gasteiger partial charge on any atom is 0.326 e. The summed E-state index contributed by atoms with van der Waals surface area (Å²) in [5.74, 6) is -1.11. The minimum Gasteiger partial charge on any atom is -0.480 e. The Balaban J connectivity index is 2.55. The molecule has 6 heteroatoms. The fourth-order valence-electron chi connectivity index (χ4n) is 1.99. The highest BCUT2D eigenvalue weighted by Gasteiger charge is 2.26. The van der Waals surface area contributed by atoms with Crippen molar-refractivity contribution in [3.63, 3.8) is 0 Å². The number of aliphatic carboxylic acids is 1. The molecule has 1 atom stereocenters. The zero-order valence-corrected chi connectivity index (χ0v) is 11.3. The van der Waals surface area contributed by atoms with Crippen LogP contribution in [-0.2, 0) is 4.79 Å². The molecule has 1 aliphatic heterocycles. The Morgan fingerprint density at radius 2 is 1.83 bits per heavy atom. The maximum absolute atomic E-state index is 12.0. The number of hydrogen-bond acceptors (Lipinski definition) is 3. The Hall–Kier alpha value is -1.30. The van der Waals surface area contributed by atoms with Crippen molar-refractivity contribution in [1.29, 1.82) is 0 Å². The number of carboxylic acid groups (broad SMARTS) is 1. The first-order valence-electron chi connectivity index (χ1n) is 6.38. The van der Waals surface area contributed by atoms with E-state index in [0.717, 1.165) is 19.5 Å². The van der Waals surface area contributed by atoms with E-state index in [9.17, 15) is 9.59 Å². The van der Waals surface area contributed by atoms with Crippen LogP contribution in [0.4, 0.5) is 4.79 Å². The molecule has 0 bridgehead atoms. The Bertz CT molecular complexity index is 307. The molecule has 6 nitrogen and oxygen atoms in total. The summed E-state index contributed by atoms with van der Waals surface area (Å²) in [4.78, 5) is 26.9. The molecule has 2 N–H and O–H groups in total. The first-order chi connectivity index (χ1) is 8.41. The summed E-state index contributed by atoms with van der Waals surface area (Å²) in [5.41, 5.74) is 0. The van der Waals surface area contributed by atoms with Crippen molar-refractivity contribution in [2.75, 3.05) is 33.2 Å². The Kier molecular flexibility index (Phi) is 5.40. The molecule has 1 rings (SSSR count). The number of hydrogen-bond donors (Lipinski definition) is 2. The molecule has 0 saturated carbocycles. The van der Waals surface area contributed by atoms with Gasteiger partial charge in [0.1, 0.15) is 6.04 Å². The fourth-order valence-corrected chi connectivity index (χ4v) is 1.99. The monoisotopic (exact) mass is 257 g/mol. The molecule has 2 amide bonds. The first-order valence-corrected chi connectivity index (χ1v) is 6.38. The van der Waals surface area contributed by atoms with Gasteiger partial charge >= 0.3 is 12.0 Å². The van der Waals surface area contributed by atoms with Gasteiger partial charge in [-0.05, 0) is 25.9 Å². The number of nitrogens with one attached hydrogen (secondary N) is 1. The normalized spacial score (nSPS) is 19.4. The van der Waals surface area contributed by atoms with E-state index in [-0.39, 0.29) is 11.9 Å². The first kappa shape index (κ1) is 14.8. The third-order valence-corrected chi connectivity index (χ3v) is 3.22. The Labute approximate surface area is 108 Å². The van der Waals surface area contributed by atoms with Crippen LogP contribution in [0.3, 0.4) is 0 Å². The van der Waals surface area contributed by atoms with Crippen LogP contribution in [0.2, 0.25) is 0 Å². The van der Waals surface area contributed by atoms with Gasteiger partial charge < -0.3 is 20.2 Å². The number of nitrogens with zero attached hydrogens (tertiary/aromatic N) is 2. The van der Waals surface area contributed by atoms with Gasteiger partial charge in [0.25, 0.3) is 0 Å². The van der Waals surface area contributed by atoms with Gasteiger partial charge in [-0.1, -0.05) is 13.8 Å². The highest BCUT2D eigenvalue weighted by molar-refractivity contribution is 5.82. The van der Waals surface area contributed by atoms with Gasteiger partial charge in [-0.2, -0.15) is 0 Å². The number of carbonyl (C=O) groups excluding carboxylic acids is 1. The number of carbonyl (C=O) groups is 2. The molecule has 18 heavy (non-hydrogen) atoms. The minimum atomic E-state index is -0.981. The summed E-state index contributed by atoms with van der Waals surface area (Å²) in [6.45, 7) is 6.70. The second-order valence-electron chi connectivity index (χ2n) is 5.15. The molecule has 0 aromatic carbocycles. The molecule has 1 heterocycles. The Morgan fingerprint density at radius 1 is 1.17 bits per heavy atom. The molecule has 1 fully saturated rings. The van der Waals surface area contributed by atoms with Gasteiger partial charge in [0, 0.05) is 19.6 Å². The number of rotatable bonds is 3. The van der Waals surface area contributed by atoms with Gasteiger partial charge in [0.05, 0.1) is 0 Å². The molecule has 0 aromatic rings. The van der Waals surface area contributed by atoms with Gasteiger partial charge in [0.15, 0.2) is 0 Å². The van der Waals surface area contributed by atoms with E-state index >= 15 is 0 Å². The zero-order valence-electron chi connectivity index (χ0n) is 11.3. The van der Waals surface area contributed by atoms with Gasteiger partial charge in [0.2, 0.25) is 0 Å². The minimum absolute atomic E-state index is 0.124. The topological polar surface area (TPSA) is 72.9 Å². The maximum atomic E-state index is 12.0. The van der Waals surface area contributed by atoms with Crippen LogP contribution in [0.15, 0.2) is 0 Å². The van der Waals surface area contributed by atoms with Crippen LogP contribution in [0.25, 0.3) is 0 Å². The summed E-state index contributed by atoms with van der Waals surface area (Å²) < 4.78 is 0. The van der Waals surface area contributed by atoms with Crippen molar-refractivity contribution in [3.05, 3.63) is 0 Å². The van der Waals surface area contributed by atoms with Crippen molar-refractivity contribution in [2.24, 2.45) is 5.92 Å². The van der Waals surface area contributed by atoms with E-state index in [1.807, 2.05) is 7.05 Å². The van der Waals surface area contributed by atoms with Crippen LogP contribution >= 0.6 is 0 Å². The summed E-state index contributed by atoms with van der Waals surface area (Å²) in [6.07, 6.45) is 0.920. The van der Waals surface area contributed by atoms with Crippen LogP contribution < -0.4 is 5.32 Å². The molecule has 0 spiro atoms. The van der Waals surface area contributed by atoms with E-state index in [2.05, 4.69) is 10.2 Å². The number of amides is 2. The van der Waals surface area contributed by atoms with E-state index in [0.29, 0.717) is 13.1 Å². The van der Waals surface area contributed by atoms with E-state index in [4.69, 9.17) is 5.11 Å². The second-order valence-corrected chi connectivity index (χ2v) is 5.15. The van der Waals surface area contributed by atoms with Crippen molar-refractivity contribution >= 4 is 12.0 Å². The lowest BCUT2D eigenvalue weighted by atomic mass is 10.1. The number of likely N-dealkylation sites (N-methyl/N-ethyl adjacent to an activating group) is 1. The predicted molar refractivity (Wildman–Crippen MR) is 68.5 cm³/mol. The molecular weight excluding hydrogens is 234 g/mol. The van der Waals surface area contributed by atoms with Crippen LogP contribution in [0.5, 0.6) is 0 Å². The third-order valence-electron chi connectivity index (χ3n) is 3.22. The average molecular weight is 257 g/mol. The molecule has 0 unspecified atom stereocenters. The quantitative estimate of drug-likeness (QED) is 0.769. The van der Waals surface area contributed by atoms with Crippen molar-refractivity contribution in [1.82, 2.24) is 15.1 Å². The van der Waals surface area contributed by atoms with Gasteiger partial charge in [-0.15, -0.1) is 0 Å². The van der Waals surface area contributed by atoms with Crippen molar-refractivity contribution in [3.8, 4) is 0 Å². The van der Waals surface area contributed by atoms with Gasteiger partial charge in [-0.25, -0.2) is 9.59 Å². The second kappa shape index (κ2) is 6.58. The predicted octanol–water partition coefficient (Wildman–Crippen LogP) is 0.443. The molecule has 0 aliphatic carbocycles. The SMILES string of the molecule is CC(C)[C@@H](NC(=O)N1CCCN(C)CC1)C(=O)O. The summed E-state index contributed by atoms with van der Waals surface area (Å²) >= 11 is 0. The van der Waals surface area contributed by atoms with Crippen molar-refractivity contribution in [2.45, 2.75) is 26.3 Å². The van der Waals surface area contributed by atoms with Crippen LogP contribution in [0.1, 0.15) is 20.3 Å². The van der Waals surface area contributed by atoms with Crippen LogP contribution in [-0.4, -0.2) is 66.2 Å². The van der Waals surface area contributed by atoms with Crippen LogP contribution in [0, 0.1) is 5.92 Å². The summed E-state index contributed by atoms with van der Waals surface area (Å²) in [7, 11) is 2.02. The molecule has 0 aromatic heterocycles. The lowest BCUT2D eigenvalue weighted by molar-refractivity contribution is -0.140. The molecule has 1 saturated heterocycles. The molecule has 0 radical (unpaired) electrons. The summed E-state index contributed by atoms with van der Waals surface area (Å²) in [5, 5.41) is 11.6. The van der Waals surface area contributed by atoms with Gasteiger partial charge in [-0.3, -0.25) is 0 Å². The Morgan fingerprint density at radius 3 is 2.39 bits per heavy atom. The lowest BCUT2D eigenvalue weighted by Gasteiger charge is -2.25. The zero-order chi connectivity index (χ0) is 13.7. The average Bonchev–Trinajstić information content (AvgIpc) is 2.49. The third kappa shape index (κ3) is 4.18. The standard InChI is InChI=1S/C12H23N3O3/c1-9(2)10(11(16)17)13-12(18)15-6-4-5-14(3)7-8-15/h9-10H,4-8H2,1-3H3,(H,13,18)(H,16,17)/t10-/m1/s1. The van der Waals surface area contributed by atoms with E-state index in [1.54, 1.807) is 18.7 Å². The summed E-state index contributed by atoms with van der Waals surface area (Å²) in [6, 6.07) is -1.09. The van der Waals surface area contributed by atoms with E-state index < -0.39 is 12.0 Å². The smallest absolute Gasteiger partial charge is 0.326 e. The fraction of sp³-hybridized carbons (Fsp3) is 0.833. The lowest BCUT2D eigenvalue weighted by Crippen LogP contribution is -2.50. The largest absolute Gasteiger partial charge is 0.480 e. The molecular formula is C12H23N3O3. The highest BCUT2D eigenvalue weighted by Crippen LogP contribution is 2.05.